The molecule has 78 valence electrons. The highest BCUT2D eigenvalue weighted by Gasteiger charge is 2.06. The zero-order chi connectivity index (χ0) is 10.2. The van der Waals surface area contributed by atoms with Crippen molar-refractivity contribution < 1.29 is 5.11 Å². The van der Waals surface area contributed by atoms with E-state index in [1.807, 2.05) is 18.2 Å². The molecule has 2 N–H and O–H groups in total. The molecule has 0 aliphatic heterocycles. The van der Waals surface area contributed by atoms with Crippen molar-refractivity contribution in [3.8, 4) is 0 Å². The van der Waals surface area contributed by atoms with Gasteiger partial charge in [-0.1, -0.05) is 6.07 Å². The lowest BCUT2D eigenvalue weighted by Crippen LogP contribution is -2.24. The maximum absolute atomic E-state index is 8.87. The summed E-state index contributed by atoms with van der Waals surface area (Å²) in [5.41, 5.74) is 0. The van der Waals surface area contributed by atoms with Crippen molar-refractivity contribution in [1.29, 1.82) is 0 Å². The summed E-state index contributed by atoms with van der Waals surface area (Å²) in [7, 11) is 0. The Morgan fingerprint density at radius 2 is 2.43 bits per heavy atom. The van der Waals surface area contributed by atoms with Crippen LogP contribution in [0.5, 0.6) is 0 Å². The van der Waals surface area contributed by atoms with Crippen LogP contribution in [-0.4, -0.2) is 34.7 Å². The summed E-state index contributed by atoms with van der Waals surface area (Å²) in [5.74, 6) is 1.86. The molecule has 0 fully saturated rings. The molecule has 1 rings (SSSR count). The molecule has 1 atom stereocenters. The zero-order valence-electron chi connectivity index (χ0n) is 8.31. The highest BCUT2D eigenvalue weighted by molar-refractivity contribution is 7.98. The van der Waals surface area contributed by atoms with E-state index in [4.69, 9.17) is 5.11 Å². The lowest BCUT2D eigenvalue weighted by Gasteiger charge is -2.16. The van der Waals surface area contributed by atoms with Gasteiger partial charge in [0.25, 0.3) is 0 Å². The lowest BCUT2D eigenvalue weighted by atomic mass is 10.2. The van der Waals surface area contributed by atoms with Gasteiger partial charge in [-0.15, -0.1) is 0 Å². The summed E-state index contributed by atoms with van der Waals surface area (Å²) in [6, 6.07) is 6.07. The third-order valence-corrected chi connectivity index (χ3v) is 2.60. The fourth-order valence-electron chi connectivity index (χ4n) is 1.21. The Morgan fingerprint density at radius 3 is 3.00 bits per heavy atom. The summed E-state index contributed by atoms with van der Waals surface area (Å²) in [6.45, 7) is 0.213. The van der Waals surface area contributed by atoms with E-state index in [0.717, 1.165) is 18.0 Å². The maximum atomic E-state index is 8.87. The number of anilines is 1. The van der Waals surface area contributed by atoms with Crippen molar-refractivity contribution in [2.75, 3.05) is 23.9 Å². The van der Waals surface area contributed by atoms with E-state index < -0.39 is 0 Å². The van der Waals surface area contributed by atoms with Crippen LogP contribution in [0.4, 0.5) is 5.82 Å². The topological polar surface area (TPSA) is 45.1 Å². The SMILES string of the molecule is CSC[C@H](CCO)Nc1ccccn1. The number of pyridine rings is 1. The molecular weight excluding hydrogens is 196 g/mol. The average Bonchev–Trinajstić information content (AvgIpc) is 2.20. The second-order valence-electron chi connectivity index (χ2n) is 3.02. The Morgan fingerprint density at radius 1 is 1.57 bits per heavy atom. The van der Waals surface area contributed by atoms with E-state index in [2.05, 4.69) is 16.6 Å². The van der Waals surface area contributed by atoms with Crippen molar-refractivity contribution in [1.82, 2.24) is 4.98 Å². The van der Waals surface area contributed by atoms with Gasteiger partial charge in [-0.25, -0.2) is 4.98 Å². The minimum absolute atomic E-state index is 0.213. The highest BCUT2D eigenvalue weighted by Crippen LogP contribution is 2.08. The second-order valence-corrected chi connectivity index (χ2v) is 3.93. The third kappa shape index (κ3) is 3.98. The predicted octanol–water partition coefficient (Wildman–Crippen LogP) is 1.61. The predicted molar refractivity (Wildman–Crippen MR) is 61.7 cm³/mol. The molecule has 3 nitrogen and oxygen atoms in total. The van der Waals surface area contributed by atoms with E-state index in [0.29, 0.717) is 6.04 Å². The molecular formula is C10H16N2OS. The van der Waals surface area contributed by atoms with Crippen LogP contribution in [0.2, 0.25) is 0 Å². The molecule has 1 aromatic heterocycles. The van der Waals surface area contributed by atoms with Crippen LogP contribution in [-0.2, 0) is 0 Å². The minimum Gasteiger partial charge on any atom is -0.396 e. The molecule has 0 aliphatic carbocycles. The summed E-state index contributed by atoms with van der Waals surface area (Å²) in [6.07, 6.45) is 4.58. The second kappa shape index (κ2) is 6.68. The molecule has 0 spiro atoms. The normalized spacial score (nSPS) is 12.4. The Bertz CT molecular complexity index is 237. The minimum atomic E-state index is 0.213. The van der Waals surface area contributed by atoms with Crippen LogP contribution >= 0.6 is 11.8 Å². The van der Waals surface area contributed by atoms with E-state index >= 15 is 0 Å². The molecule has 14 heavy (non-hydrogen) atoms. The number of aromatic nitrogens is 1. The molecule has 0 aromatic carbocycles. The van der Waals surface area contributed by atoms with Crippen LogP contribution in [0, 0.1) is 0 Å². The summed E-state index contributed by atoms with van der Waals surface area (Å²) in [4.78, 5) is 4.18. The van der Waals surface area contributed by atoms with Crippen LogP contribution in [0.3, 0.4) is 0 Å². The van der Waals surface area contributed by atoms with Gasteiger partial charge < -0.3 is 10.4 Å². The quantitative estimate of drug-likeness (QED) is 0.752. The van der Waals surface area contributed by atoms with Gasteiger partial charge in [-0.05, 0) is 24.8 Å². The summed E-state index contributed by atoms with van der Waals surface area (Å²) >= 11 is 1.77. The Balaban J connectivity index is 2.46. The Kier molecular flexibility index (Phi) is 5.40. The van der Waals surface area contributed by atoms with Crippen LogP contribution in [0.15, 0.2) is 24.4 Å². The van der Waals surface area contributed by atoms with Gasteiger partial charge in [0.1, 0.15) is 5.82 Å². The van der Waals surface area contributed by atoms with Crippen LogP contribution < -0.4 is 5.32 Å². The van der Waals surface area contributed by atoms with E-state index in [1.165, 1.54) is 0 Å². The van der Waals surface area contributed by atoms with Crippen molar-refractivity contribution in [2.45, 2.75) is 12.5 Å². The number of hydrogen-bond donors (Lipinski definition) is 2. The fraction of sp³-hybridized carbons (Fsp3) is 0.500. The van der Waals surface area contributed by atoms with Gasteiger partial charge >= 0.3 is 0 Å². The van der Waals surface area contributed by atoms with Crippen molar-refractivity contribution in [3.05, 3.63) is 24.4 Å². The Hall–Kier alpha value is -0.740. The molecule has 0 radical (unpaired) electrons. The van der Waals surface area contributed by atoms with Gasteiger partial charge in [0.2, 0.25) is 0 Å². The average molecular weight is 212 g/mol. The molecule has 0 bridgehead atoms. The van der Waals surface area contributed by atoms with Crippen LogP contribution in [0.25, 0.3) is 0 Å². The van der Waals surface area contributed by atoms with Crippen molar-refractivity contribution >= 4 is 17.6 Å². The maximum Gasteiger partial charge on any atom is 0.126 e. The molecule has 0 aliphatic rings. The first-order chi connectivity index (χ1) is 6.86. The molecule has 0 saturated carbocycles. The summed E-state index contributed by atoms with van der Waals surface area (Å²) in [5, 5.41) is 12.2. The number of thioether (sulfide) groups is 1. The number of aliphatic hydroxyl groups excluding tert-OH is 1. The Labute approximate surface area is 88.9 Å². The molecule has 0 unspecified atom stereocenters. The smallest absolute Gasteiger partial charge is 0.126 e. The fourth-order valence-corrected chi connectivity index (χ4v) is 1.86. The van der Waals surface area contributed by atoms with Gasteiger partial charge in [-0.3, -0.25) is 0 Å². The molecule has 1 heterocycles. The molecule has 1 aromatic rings. The van der Waals surface area contributed by atoms with Crippen LogP contribution in [0.1, 0.15) is 6.42 Å². The number of hydrogen-bond acceptors (Lipinski definition) is 4. The highest BCUT2D eigenvalue weighted by atomic mass is 32.2. The first kappa shape index (κ1) is 11.3. The largest absolute Gasteiger partial charge is 0.396 e. The first-order valence-electron chi connectivity index (χ1n) is 4.64. The van der Waals surface area contributed by atoms with Crippen molar-refractivity contribution in [2.24, 2.45) is 0 Å². The third-order valence-electron chi connectivity index (χ3n) is 1.86. The van der Waals surface area contributed by atoms with E-state index in [1.54, 1.807) is 18.0 Å². The zero-order valence-corrected chi connectivity index (χ0v) is 9.13. The molecule has 0 amide bonds. The van der Waals surface area contributed by atoms with Crippen molar-refractivity contribution in [3.63, 3.8) is 0 Å². The number of rotatable bonds is 6. The van der Waals surface area contributed by atoms with Gasteiger partial charge in [-0.2, -0.15) is 11.8 Å². The number of aliphatic hydroxyl groups is 1. The summed E-state index contributed by atoms with van der Waals surface area (Å²) < 4.78 is 0. The number of nitrogens with one attached hydrogen (secondary N) is 1. The molecule has 4 heteroatoms. The van der Waals surface area contributed by atoms with Gasteiger partial charge in [0, 0.05) is 24.6 Å². The molecule has 0 saturated heterocycles. The lowest BCUT2D eigenvalue weighted by molar-refractivity contribution is 0.282. The standard InChI is InChI=1S/C10H16N2OS/c1-14-8-9(5-7-13)12-10-4-2-3-6-11-10/h2-4,6,9,13H,5,7-8H2,1H3,(H,11,12)/t9-/m0/s1. The van der Waals surface area contributed by atoms with Gasteiger partial charge in [0.05, 0.1) is 0 Å². The monoisotopic (exact) mass is 212 g/mol. The first-order valence-corrected chi connectivity index (χ1v) is 6.03. The van der Waals surface area contributed by atoms with Gasteiger partial charge in [0.15, 0.2) is 0 Å². The van der Waals surface area contributed by atoms with E-state index in [-0.39, 0.29) is 6.61 Å². The number of nitrogens with zero attached hydrogens (tertiary/aromatic N) is 1. The van der Waals surface area contributed by atoms with E-state index in [9.17, 15) is 0 Å².